The molecule has 0 aromatic carbocycles. The van der Waals surface area contributed by atoms with Crippen LogP contribution in [0.3, 0.4) is 0 Å². The first kappa shape index (κ1) is 14.4. The van der Waals surface area contributed by atoms with E-state index in [0.717, 1.165) is 18.7 Å². The van der Waals surface area contributed by atoms with E-state index in [0.29, 0.717) is 18.7 Å². The van der Waals surface area contributed by atoms with Gasteiger partial charge in [0.05, 0.1) is 24.3 Å². The van der Waals surface area contributed by atoms with E-state index in [1.165, 1.54) is 12.8 Å². The quantitative estimate of drug-likeness (QED) is 0.851. The Hall–Kier alpha value is -2.21. The summed E-state index contributed by atoms with van der Waals surface area (Å²) in [4.78, 5) is 23.2. The molecule has 2 fully saturated rings. The normalized spacial score (nSPS) is 24.3. The van der Waals surface area contributed by atoms with Crippen LogP contribution in [0.1, 0.15) is 36.0 Å². The van der Waals surface area contributed by atoms with E-state index < -0.39 is 0 Å². The maximum absolute atomic E-state index is 12.9. The van der Waals surface area contributed by atoms with Gasteiger partial charge >= 0.3 is 0 Å². The van der Waals surface area contributed by atoms with Gasteiger partial charge in [-0.3, -0.25) is 9.36 Å². The third-order valence-corrected chi connectivity index (χ3v) is 4.76. The van der Waals surface area contributed by atoms with Crippen LogP contribution in [0.4, 0.5) is 0 Å². The predicted molar refractivity (Wildman–Crippen MR) is 84.4 cm³/mol. The number of carbonyl (C=O) groups is 1. The van der Waals surface area contributed by atoms with Crippen molar-refractivity contribution in [3.8, 4) is 5.82 Å². The molecule has 1 aliphatic heterocycles. The van der Waals surface area contributed by atoms with Gasteiger partial charge in [0.2, 0.25) is 0 Å². The van der Waals surface area contributed by atoms with Gasteiger partial charge in [0.25, 0.3) is 5.91 Å². The maximum Gasteiger partial charge on any atom is 0.255 e. The highest BCUT2D eigenvalue weighted by atomic mass is 16.5. The predicted octanol–water partition coefficient (Wildman–Crippen LogP) is 2.05. The number of carbonyl (C=O) groups excluding carboxylic acids is 1. The lowest BCUT2D eigenvalue weighted by Gasteiger charge is -2.43. The Morgan fingerprint density at radius 1 is 1.26 bits per heavy atom. The van der Waals surface area contributed by atoms with E-state index in [1.807, 2.05) is 27.8 Å². The molecule has 1 aliphatic carbocycles. The second-order valence-corrected chi connectivity index (χ2v) is 6.13. The van der Waals surface area contributed by atoms with Crippen LogP contribution in [-0.2, 0) is 4.74 Å². The molecule has 23 heavy (non-hydrogen) atoms. The fourth-order valence-corrected chi connectivity index (χ4v) is 3.57. The fourth-order valence-electron chi connectivity index (χ4n) is 3.57. The number of nitrogens with zero attached hydrogens (tertiary/aromatic N) is 4. The summed E-state index contributed by atoms with van der Waals surface area (Å²) in [6, 6.07) is 3.92. The summed E-state index contributed by atoms with van der Waals surface area (Å²) in [5, 5.41) is 0. The fraction of sp³-hybridized carbons (Fsp3) is 0.471. The summed E-state index contributed by atoms with van der Waals surface area (Å²) in [7, 11) is 0. The van der Waals surface area contributed by atoms with Crippen molar-refractivity contribution >= 4 is 5.91 Å². The molecule has 120 valence electrons. The van der Waals surface area contributed by atoms with Crippen molar-refractivity contribution in [1.82, 2.24) is 19.4 Å². The third kappa shape index (κ3) is 2.74. The summed E-state index contributed by atoms with van der Waals surface area (Å²) < 4.78 is 7.67. The van der Waals surface area contributed by atoms with E-state index >= 15 is 0 Å². The average molecular weight is 312 g/mol. The molecule has 0 unspecified atom stereocenters. The zero-order valence-electron chi connectivity index (χ0n) is 13.0. The number of hydrogen-bond donors (Lipinski definition) is 0. The molecule has 4 rings (SSSR count). The highest BCUT2D eigenvalue weighted by Gasteiger charge is 2.36. The molecule has 0 radical (unpaired) electrons. The molecule has 2 aromatic heterocycles. The number of hydrogen-bond acceptors (Lipinski definition) is 4. The van der Waals surface area contributed by atoms with E-state index in [9.17, 15) is 4.79 Å². The minimum atomic E-state index is 0.0647. The van der Waals surface area contributed by atoms with Crippen LogP contribution in [0.5, 0.6) is 0 Å². The lowest BCUT2D eigenvalue weighted by molar-refractivity contribution is -0.0752. The van der Waals surface area contributed by atoms with Crippen molar-refractivity contribution in [2.45, 2.75) is 37.8 Å². The smallest absolute Gasteiger partial charge is 0.255 e. The molecule has 2 atom stereocenters. The molecule has 1 saturated carbocycles. The Morgan fingerprint density at radius 2 is 2.17 bits per heavy atom. The van der Waals surface area contributed by atoms with Gasteiger partial charge in [0.15, 0.2) is 0 Å². The van der Waals surface area contributed by atoms with Crippen molar-refractivity contribution in [3.63, 3.8) is 0 Å². The van der Waals surface area contributed by atoms with Crippen molar-refractivity contribution in [2.75, 3.05) is 13.2 Å². The molecule has 0 spiro atoms. The number of aromatic nitrogens is 3. The minimum absolute atomic E-state index is 0.0647. The Labute approximate surface area is 135 Å². The van der Waals surface area contributed by atoms with Gasteiger partial charge in [-0.15, -0.1) is 0 Å². The third-order valence-electron chi connectivity index (χ3n) is 4.76. The Balaban J connectivity index is 1.54. The summed E-state index contributed by atoms with van der Waals surface area (Å²) in [5.41, 5.74) is 0.639. The summed E-state index contributed by atoms with van der Waals surface area (Å²) in [5.74, 6) is 0.825. The van der Waals surface area contributed by atoms with E-state index in [4.69, 9.17) is 4.74 Å². The maximum atomic E-state index is 12.9. The van der Waals surface area contributed by atoms with Crippen LogP contribution in [-0.4, -0.2) is 50.6 Å². The van der Waals surface area contributed by atoms with E-state index in [1.54, 1.807) is 18.7 Å². The molecule has 6 heteroatoms. The molecule has 6 nitrogen and oxygen atoms in total. The first-order chi connectivity index (χ1) is 11.3. The van der Waals surface area contributed by atoms with E-state index in [-0.39, 0.29) is 18.1 Å². The van der Waals surface area contributed by atoms with Crippen molar-refractivity contribution in [3.05, 3.63) is 42.6 Å². The number of rotatable bonds is 2. The summed E-state index contributed by atoms with van der Waals surface area (Å²) in [6.45, 7) is 1.30. The molecule has 2 aliphatic rings. The standard InChI is InChI=1S/C17H20N4O2/c22-17(21-9-10-23-15-4-2-1-3-14(15)21)13-5-6-16(19-11-13)20-8-7-18-12-20/h5-8,11-12,14-15H,1-4,9-10H2/t14-,15-/m1/s1. The van der Waals surface area contributed by atoms with Crippen LogP contribution in [0, 0.1) is 0 Å². The van der Waals surface area contributed by atoms with Gasteiger partial charge in [-0.05, 0) is 25.0 Å². The van der Waals surface area contributed by atoms with Gasteiger partial charge in [-0.2, -0.15) is 0 Å². The molecule has 2 aromatic rings. The van der Waals surface area contributed by atoms with Crippen molar-refractivity contribution in [2.24, 2.45) is 0 Å². The topological polar surface area (TPSA) is 60.2 Å². The van der Waals surface area contributed by atoms with Crippen LogP contribution in [0.25, 0.3) is 5.82 Å². The van der Waals surface area contributed by atoms with Crippen LogP contribution >= 0.6 is 0 Å². The second kappa shape index (κ2) is 6.12. The number of pyridine rings is 1. The van der Waals surface area contributed by atoms with Crippen molar-refractivity contribution in [1.29, 1.82) is 0 Å². The van der Waals surface area contributed by atoms with Gasteiger partial charge in [-0.1, -0.05) is 12.8 Å². The molecule has 3 heterocycles. The highest BCUT2D eigenvalue weighted by Crippen LogP contribution is 2.29. The van der Waals surface area contributed by atoms with Crippen molar-refractivity contribution < 1.29 is 9.53 Å². The number of morpholine rings is 1. The Kier molecular flexibility index (Phi) is 3.83. The molecular formula is C17H20N4O2. The second-order valence-electron chi connectivity index (χ2n) is 6.13. The highest BCUT2D eigenvalue weighted by molar-refractivity contribution is 5.94. The molecule has 0 bridgehead atoms. The first-order valence-corrected chi connectivity index (χ1v) is 8.20. The molecular weight excluding hydrogens is 292 g/mol. The Bertz CT molecular complexity index is 666. The SMILES string of the molecule is O=C(c1ccc(-n2ccnc2)nc1)N1CCO[C@@H]2CCCC[C@H]21. The first-order valence-electron chi connectivity index (χ1n) is 8.20. The minimum Gasteiger partial charge on any atom is -0.374 e. The van der Waals surface area contributed by atoms with E-state index in [2.05, 4.69) is 9.97 Å². The van der Waals surface area contributed by atoms with Crippen LogP contribution < -0.4 is 0 Å². The summed E-state index contributed by atoms with van der Waals surface area (Å²) >= 11 is 0. The number of fused-ring (bicyclic) bond motifs is 1. The Morgan fingerprint density at radius 3 is 2.96 bits per heavy atom. The van der Waals surface area contributed by atoms with Gasteiger partial charge in [0.1, 0.15) is 12.1 Å². The number of ether oxygens (including phenoxy) is 1. The largest absolute Gasteiger partial charge is 0.374 e. The zero-order valence-corrected chi connectivity index (χ0v) is 13.0. The van der Waals surface area contributed by atoms with Gasteiger partial charge in [-0.25, -0.2) is 9.97 Å². The lowest BCUT2D eigenvalue weighted by atomic mass is 9.90. The van der Waals surface area contributed by atoms with Crippen LogP contribution in [0.2, 0.25) is 0 Å². The average Bonchev–Trinajstić information content (AvgIpc) is 3.15. The monoisotopic (exact) mass is 312 g/mol. The van der Waals surface area contributed by atoms with Gasteiger partial charge in [0, 0.05) is 25.1 Å². The van der Waals surface area contributed by atoms with Crippen LogP contribution in [0.15, 0.2) is 37.1 Å². The number of imidazole rings is 1. The lowest BCUT2D eigenvalue weighted by Crippen LogP contribution is -2.54. The summed E-state index contributed by atoms with van der Waals surface area (Å²) in [6.07, 6.45) is 11.6. The molecule has 1 saturated heterocycles. The molecule has 1 amide bonds. The molecule has 0 N–H and O–H groups in total. The number of amides is 1. The zero-order chi connectivity index (χ0) is 15.6. The van der Waals surface area contributed by atoms with Gasteiger partial charge < -0.3 is 9.64 Å².